The van der Waals surface area contributed by atoms with Gasteiger partial charge in [-0.05, 0) is 31.9 Å². The number of rotatable bonds is 4. The van der Waals surface area contributed by atoms with Gasteiger partial charge in [0, 0.05) is 11.9 Å². The third-order valence-electron chi connectivity index (χ3n) is 4.08. The molecule has 4 rings (SSSR count). The number of para-hydroxylation sites is 1. The van der Waals surface area contributed by atoms with Crippen LogP contribution in [0.5, 0.6) is 0 Å². The molecule has 9 heteroatoms. The minimum atomic E-state index is -3.58. The highest BCUT2D eigenvalue weighted by atomic mass is 32.2. The standard InChI is InChI=1S/C15H17N5O3S/c1-10-16-15-12(6-4-8-20(15)17-10)19-24(21,22)9-13-11-5-2-3-7-14(11)23-18-13/h2-3,5,7,12,19H,4,6,8-9H2,1H3/t12-/m1/s1. The third-order valence-corrected chi connectivity index (χ3v) is 5.38. The Labute approximate surface area is 138 Å². The molecule has 1 aliphatic heterocycles. The van der Waals surface area contributed by atoms with Gasteiger partial charge < -0.3 is 4.52 Å². The van der Waals surface area contributed by atoms with Gasteiger partial charge in [0.2, 0.25) is 10.0 Å². The van der Waals surface area contributed by atoms with E-state index in [0.29, 0.717) is 34.7 Å². The van der Waals surface area contributed by atoms with Crippen LogP contribution in [0.1, 0.15) is 36.2 Å². The lowest BCUT2D eigenvalue weighted by Crippen LogP contribution is -2.34. The monoisotopic (exact) mass is 347 g/mol. The Kier molecular flexibility index (Phi) is 3.61. The molecule has 8 nitrogen and oxygen atoms in total. The second kappa shape index (κ2) is 5.67. The van der Waals surface area contributed by atoms with E-state index in [-0.39, 0.29) is 11.8 Å². The Balaban J connectivity index is 1.58. The van der Waals surface area contributed by atoms with Crippen LogP contribution in [0, 0.1) is 6.92 Å². The average molecular weight is 347 g/mol. The van der Waals surface area contributed by atoms with E-state index in [1.165, 1.54) is 0 Å². The Morgan fingerprint density at radius 1 is 1.38 bits per heavy atom. The molecule has 0 bridgehead atoms. The highest BCUT2D eigenvalue weighted by Gasteiger charge is 2.28. The maximum atomic E-state index is 12.6. The summed E-state index contributed by atoms with van der Waals surface area (Å²) in [7, 11) is -3.58. The van der Waals surface area contributed by atoms with Gasteiger partial charge in [0.15, 0.2) is 5.58 Å². The number of sulfonamides is 1. The molecule has 1 atom stereocenters. The van der Waals surface area contributed by atoms with E-state index in [2.05, 4.69) is 20.0 Å². The van der Waals surface area contributed by atoms with Gasteiger partial charge in [0.25, 0.3) is 0 Å². The minimum Gasteiger partial charge on any atom is -0.356 e. The molecule has 0 unspecified atom stereocenters. The molecule has 2 aromatic heterocycles. The van der Waals surface area contributed by atoms with Crippen molar-refractivity contribution in [1.29, 1.82) is 0 Å². The van der Waals surface area contributed by atoms with Gasteiger partial charge in [0.05, 0.1) is 6.04 Å². The first kappa shape index (κ1) is 15.3. The lowest BCUT2D eigenvalue weighted by Gasteiger charge is -2.22. The SMILES string of the molecule is Cc1nc2n(n1)CCC[C@H]2NS(=O)(=O)Cc1noc2ccccc12. The minimum absolute atomic E-state index is 0.229. The summed E-state index contributed by atoms with van der Waals surface area (Å²) >= 11 is 0. The van der Waals surface area contributed by atoms with E-state index in [1.54, 1.807) is 23.7 Å². The maximum Gasteiger partial charge on any atom is 0.218 e. The van der Waals surface area contributed by atoms with E-state index in [0.717, 1.165) is 13.0 Å². The molecule has 0 saturated carbocycles. The van der Waals surface area contributed by atoms with Crippen molar-refractivity contribution in [1.82, 2.24) is 24.6 Å². The molecular formula is C15H17N5O3S. The highest BCUT2D eigenvalue weighted by molar-refractivity contribution is 7.88. The fraction of sp³-hybridized carbons (Fsp3) is 0.400. The molecule has 3 aromatic rings. The van der Waals surface area contributed by atoms with Crippen molar-refractivity contribution >= 4 is 21.0 Å². The zero-order valence-corrected chi connectivity index (χ0v) is 14.0. The van der Waals surface area contributed by atoms with E-state index < -0.39 is 10.0 Å². The fourth-order valence-corrected chi connectivity index (χ4v) is 4.37. The molecule has 0 radical (unpaired) electrons. The summed E-state index contributed by atoms with van der Waals surface area (Å²) in [6.07, 6.45) is 1.56. The summed E-state index contributed by atoms with van der Waals surface area (Å²) in [5.41, 5.74) is 0.988. The number of hydrogen-bond donors (Lipinski definition) is 1. The smallest absolute Gasteiger partial charge is 0.218 e. The van der Waals surface area contributed by atoms with Crippen LogP contribution in [-0.4, -0.2) is 28.3 Å². The zero-order chi connectivity index (χ0) is 16.7. The largest absolute Gasteiger partial charge is 0.356 e. The third kappa shape index (κ3) is 2.80. The molecule has 24 heavy (non-hydrogen) atoms. The van der Waals surface area contributed by atoms with Crippen LogP contribution in [-0.2, 0) is 22.3 Å². The van der Waals surface area contributed by atoms with Gasteiger partial charge in [-0.1, -0.05) is 17.3 Å². The second-order valence-corrected chi connectivity index (χ2v) is 7.69. The van der Waals surface area contributed by atoms with Crippen molar-refractivity contribution in [2.45, 2.75) is 38.1 Å². The highest BCUT2D eigenvalue weighted by Crippen LogP contribution is 2.25. The molecule has 1 aromatic carbocycles. The van der Waals surface area contributed by atoms with Crippen LogP contribution in [0.25, 0.3) is 11.0 Å². The van der Waals surface area contributed by atoms with Gasteiger partial charge in [0.1, 0.15) is 23.1 Å². The summed E-state index contributed by atoms with van der Waals surface area (Å²) in [6.45, 7) is 2.57. The molecule has 0 amide bonds. The quantitative estimate of drug-likeness (QED) is 0.770. The van der Waals surface area contributed by atoms with E-state index in [1.807, 2.05) is 12.1 Å². The van der Waals surface area contributed by atoms with Crippen molar-refractivity contribution < 1.29 is 12.9 Å². The molecule has 126 valence electrons. The molecule has 0 spiro atoms. The number of aromatic nitrogens is 4. The van der Waals surface area contributed by atoms with Gasteiger partial charge in [-0.15, -0.1) is 0 Å². The fourth-order valence-electron chi connectivity index (χ4n) is 3.06. The van der Waals surface area contributed by atoms with Crippen LogP contribution < -0.4 is 4.72 Å². The number of aryl methyl sites for hydroxylation is 2. The molecule has 1 N–H and O–H groups in total. The molecule has 0 saturated heterocycles. The molecule has 3 heterocycles. The van der Waals surface area contributed by atoms with E-state index in [4.69, 9.17) is 4.52 Å². The van der Waals surface area contributed by atoms with E-state index in [9.17, 15) is 8.42 Å². The van der Waals surface area contributed by atoms with Crippen molar-refractivity contribution in [2.75, 3.05) is 0 Å². The summed E-state index contributed by atoms with van der Waals surface area (Å²) in [5.74, 6) is 1.10. The molecule has 0 aliphatic carbocycles. The van der Waals surface area contributed by atoms with Crippen LogP contribution in [0.4, 0.5) is 0 Å². The number of hydrogen-bond acceptors (Lipinski definition) is 6. The normalized spacial score (nSPS) is 18.0. The van der Waals surface area contributed by atoms with Crippen LogP contribution in [0.2, 0.25) is 0 Å². The number of nitrogens with one attached hydrogen (secondary N) is 1. The van der Waals surface area contributed by atoms with Gasteiger partial charge in [-0.25, -0.2) is 22.8 Å². The second-order valence-electron chi connectivity index (χ2n) is 5.94. The summed E-state index contributed by atoms with van der Waals surface area (Å²) in [4.78, 5) is 4.35. The predicted molar refractivity (Wildman–Crippen MR) is 86.5 cm³/mol. The Morgan fingerprint density at radius 2 is 2.21 bits per heavy atom. The van der Waals surface area contributed by atoms with Crippen LogP contribution in [0.3, 0.4) is 0 Å². The average Bonchev–Trinajstić information content (AvgIpc) is 3.11. The maximum absolute atomic E-state index is 12.6. The first-order valence-corrected chi connectivity index (χ1v) is 9.42. The lowest BCUT2D eigenvalue weighted by atomic mass is 10.1. The van der Waals surface area contributed by atoms with Gasteiger partial charge in [-0.3, -0.25) is 0 Å². The number of fused-ring (bicyclic) bond motifs is 2. The summed E-state index contributed by atoms with van der Waals surface area (Å²) < 4.78 is 34.8. The summed E-state index contributed by atoms with van der Waals surface area (Å²) in [5, 5.41) is 8.90. The number of nitrogens with zero attached hydrogens (tertiary/aromatic N) is 4. The Morgan fingerprint density at radius 3 is 3.08 bits per heavy atom. The van der Waals surface area contributed by atoms with Crippen molar-refractivity contribution in [2.24, 2.45) is 0 Å². The summed E-state index contributed by atoms with van der Waals surface area (Å²) in [6, 6.07) is 6.86. The Hall–Kier alpha value is -2.26. The first-order valence-electron chi connectivity index (χ1n) is 7.76. The van der Waals surface area contributed by atoms with E-state index >= 15 is 0 Å². The lowest BCUT2D eigenvalue weighted by molar-refractivity contribution is 0.399. The van der Waals surface area contributed by atoms with Crippen molar-refractivity contribution in [3.8, 4) is 0 Å². The zero-order valence-electron chi connectivity index (χ0n) is 13.1. The topological polar surface area (TPSA) is 103 Å². The van der Waals surface area contributed by atoms with Crippen LogP contribution in [0.15, 0.2) is 28.8 Å². The first-order chi connectivity index (χ1) is 11.5. The van der Waals surface area contributed by atoms with Gasteiger partial charge >= 0.3 is 0 Å². The van der Waals surface area contributed by atoms with Crippen LogP contribution >= 0.6 is 0 Å². The molecule has 0 fully saturated rings. The molecular weight excluding hydrogens is 330 g/mol. The van der Waals surface area contributed by atoms with Crippen molar-refractivity contribution in [3.05, 3.63) is 41.6 Å². The van der Waals surface area contributed by atoms with Gasteiger partial charge in [-0.2, -0.15) is 5.10 Å². The van der Waals surface area contributed by atoms with Crippen molar-refractivity contribution in [3.63, 3.8) is 0 Å². The predicted octanol–water partition coefficient (Wildman–Crippen LogP) is 1.68. The Bertz CT molecular complexity index is 992. The molecule has 1 aliphatic rings. The number of benzene rings is 1.